The van der Waals surface area contributed by atoms with Gasteiger partial charge in [0.15, 0.2) is 5.16 Å². The number of benzene rings is 1. The zero-order chi connectivity index (χ0) is 20.5. The van der Waals surface area contributed by atoms with E-state index in [0.717, 1.165) is 36.8 Å². The summed E-state index contributed by atoms with van der Waals surface area (Å²) in [6.45, 7) is 2.80. The summed E-state index contributed by atoms with van der Waals surface area (Å²) in [5.74, 6) is 0.614. The number of piperazine rings is 1. The summed E-state index contributed by atoms with van der Waals surface area (Å²) in [6, 6.07) is 9.96. The zero-order valence-electron chi connectivity index (χ0n) is 16.8. The van der Waals surface area contributed by atoms with E-state index in [-0.39, 0.29) is 24.3 Å². The largest absolute Gasteiger partial charge is 0.355 e. The number of aromatic nitrogens is 2. The molecule has 1 aliphatic rings. The van der Waals surface area contributed by atoms with Crippen LogP contribution < -0.4 is 10.6 Å². The van der Waals surface area contributed by atoms with Gasteiger partial charge >= 0.3 is 0 Å². The van der Waals surface area contributed by atoms with Crippen LogP contribution in [-0.2, 0) is 23.1 Å². The molecule has 0 aliphatic carbocycles. The summed E-state index contributed by atoms with van der Waals surface area (Å²) in [7, 11) is 1.95. The van der Waals surface area contributed by atoms with Crippen LogP contribution in [0.3, 0.4) is 0 Å². The van der Waals surface area contributed by atoms with Crippen LogP contribution in [0.4, 0.5) is 0 Å². The number of thioether (sulfide) groups is 1. The van der Waals surface area contributed by atoms with Gasteiger partial charge in [-0.2, -0.15) is 0 Å². The predicted octanol–water partition coefficient (Wildman–Crippen LogP) is 1.45. The van der Waals surface area contributed by atoms with Crippen LogP contribution in [0.1, 0.15) is 18.4 Å². The first kappa shape index (κ1) is 21.4. The highest BCUT2D eigenvalue weighted by atomic mass is 32.2. The van der Waals surface area contributed by atoms with Crippen molar-refractivity contribution in [2.75, 3.05) is 31.9 Å². The zero-order valence-corrected chi connectivity index (χ0v) is 17.7. The average molecular weight is 416 g/mol. The molecular weight excluding hydrogens is 386 g/mol. The van der Waals surface area contributed by atoms with Crippen LogP contribution in [0.15, 0.2) is 47.9 Å². The molecule has 1 aromatic heterocycles. The Morgan fingerprint density at radius 2 is 2.17 bits per heavy atom. The van der Waals surface area contributed by atoms with E-state index in [4.69, 9.17) is 0 Å². The highest BCUT2D eigenvalue weighted by Gasteiger charge is 2.31. The van der Waals surface area contributed by atoms with Crippen molar-refractivity contribution in [2.45, 2.75) is 30.5 Å². The molecule has 2 N–H and O–H groups in total. The van der Waals surface area contributed by atoms with Crippen LogP contribution in [0.5, 0.6) is 0 Å². The molecule has 156 valence electrons. The molecule has 0 bridgehead atoms. The van der Waals surface area contributed by atoms with E-state index in [9.17, 15) is 9.59 Å². The molecule has 1 aliphatic heterocycles. The maximum atomic E-state index is 12.4. The molecule has 1 fully saturated rings. The Hall–Kier alpha value is -2.32. The number of rotatable bonds is 10. The van der Waals surface area contributed by atoms with Crippen LogP contribution in [0.2, 0.25) is 0 Å². The average Bonchev–Trinajstić information content (AvgIpc) is 3.13. The molecule has 7 nitrogen and oxygen atoms in total. The minimum absolute atomic E-state index is 0.0477. The fourth-order valence-corrected chi connectivity index (χ4v) is 4.24. The van der Waals surface area contributed by atoms with E-state index < -0.39 is 0 Å². The Morgan fingerprint density at radius 3 is 2.93 bits per heavy atom. The van der Waals surface area contributed by atoms with Gasteiger partial charge in [-0.25, -0.2) is 4.98 Å². The molecule has 0 spiro atoms. The molecule has 29 heavy (non-hydrogen) atoms. The molecule has 0 radical (unpaired) electrons. The number of nitrogens with one attached hydrogen (secondary N) is 2. The summed E-state index contributed by atoms with van der Waals surface area (Å²) < 4.78 is 1.95. The van der Waals surface area contributed by atoms with E-state index in [0.29, 0.717) is 13.1 Å². The molecule has 1 unspecified atom stereocenters. The van der Waals surface area contributed by atoms with Crippen molar-refractivity contribution in [3.8, 4) is 0 Å². The Labute approximate surface area is 176 Å². The fraction of sp³-hybridized carbons (Fsp3) is 0.476. The molecule has 2 aromatic rings. The summed E-state index contributed by atoms with van der Waals surface area (Å²) in [4.78, 5) is 31.1. The Morgan fingerprint density at radius 1 is 1.34 bits per heavy atom. The van der Waals surface area contributed by atoms with Crippen molar-refractivity contribution in [3.63, 3.8) is 0 Å². The van der Waals surface area contributed by atoms with E-state index in [1.165, 1.54) is 5.56 Å². The van der Waals surface area contributed by atoms with Crippen molar-refractivity contribution in [1.82, 2.24) is 25.1 Å². The summed E-state index contributed by atoms with van der Waals surface area (Å²) in [6.07, 6.45) is 5.80. The number of imidazole rings is 1. The molecule has 8 heteroatoms. The van der Waals surface area contributed by atoms with Gasteiger partial charge in [0.25, 0.3) is 0 Å². The van der Waals surface area contributed by atoms with Crippen molar-refractivity contribution < 1.29 is 9.59 Å². The highest BCUT2D eigenvalue weighted by molar-refractivity contribution is 7.99. The second-order valence-electron chi connectivity index (χ2n) is 7.16. The summed E-state index contributed by atoms with van der Waals surface area (Å²) in [5, 5.41) is 6.75. The number of carbonyl (C=O) groups is 2. The third kappa shape index (κ3) is 6.61. The monoisotopic (exact) mass is 415 g/mol. The van der Waals surface area contributed by atoms with E-state index in [1.54, 1.807) is 18.0 Å². The minimum Gasteiger partial charge on any atom is -0.355 e. The molecule has 1 atom stereocenters. The number of amides is 2. The first-order valence-electron chi connectivity index (χ1n) is 10.1. The van der Waals surface area contributed by atoms with Crippen LogP contribution >= 0.6 is 11.8 Å². The van der Waals surface area contributed by atoms with Gasteiger partial charge in [0.2, 0.25) is 11.8 Å². The predicted molar refractivity (Wildman–Crippen MR) is 115 cm³/mol. The number of nitrogens with zero attached hydrogens (tertiary/aromatic N) is 3. The van der Waals surface area contributed by atoms with Crippen molar-refractivity contribution >= 4 is 23.6 Å². The highest BCUT2D eigenvalue weighted by Crippen LogP contribution is 2.14. The lowest BCUT2D eigenvalue weighted by Crippen LogP contribution is -2.56. The summed E-state index contributed by atoms with van der Waals surface area (Å²) in [5.41, 5.74) is 1.30. The summed E-state index contributed by atoms with van der Waals surface area (Å²) >= 11 is 1.60. The van der Waals surface area contributed by atoms with E-state index >= 15 is 0 Å². The van der Waals surface area contributed by atoms with Gasteiger partial charge in [0.05, 0.1) is 12.5 Å². The molecule has 3 rings (SSSR count). The lowest BCUT2D eigenvalue weighted by atomic mass is 10.1. The van der Waals surface area contributed by atoms with E-state index in [1.807, 2.05) is 36.0 Å². The fourth-order valence-electron chi connectivity index (χ4n) is 3.45. The SMILES string of the molecule is Cn1ccnc1SCCNC(=O)CC1C(=O)NCCN1CCCc1ccccc1. The number of aryl methyl sites for hydroxylation is 2. The smallest absolute Gasteiger partial charge is 0.237 e. The Kier molecular flexibility index (Phi) is 8.13. The van der Waals surface area contributed by atoms with Crippen LogP contribution in [0, 0.1) is 0 Å². The normalized spacial score (nSPS) is 17.1. The van der Waals surface area contributed by atoms with Gasteiger partial charge in [-0.15, -0.1) is 0 Å². The Bertz CT molecular complexity index is 795. The Balaban J connectivity index is 1.41. The molecule has 1 aromatic carbocycles. The lowest BCUT2D eigenvalue weighted by molar-refractivity contribution is -0.133. The molecule has 2 amide bonds. The van der Waals surface area contributed by atoms with Gasteiger partial charge in [-0.3, -0.25) is 14.5 Å². The lowest BCUT2D eigenvalue weighted by Gasteiger charge is -2.34. The van der Waals surface area contributed by atoms with Gasteiger partial charge < -0.3 is 15.2 Å². The molecule has 0 saturated carbocycles. The van der Waals surface area contributed by atoms with Crippen molar-refractivity contribution in [3.05, 3.63) is 48.3 Å². The molecular formula is C21H29N5O2S. The maximum absolute atomic E-state index is 12.4. The van der Waals surface area contributed by atoms with Crippen molar-refractivity contribution in [2.24, 2.45) is 7.05 Å². The molecule has 2 heterocycles. The van der Waals surface area contributed by atoms with E-state index in [2.05, 4.69) is 32.7 Å². The minimum atomic E-state index is -0.387. The van der Waals surface area contributed by atoms with Crippen LogP contribution in [0.25, 0.3) is 0 Å². The standard InChI is InChI=1S/C21H29N5O2S/c1-25-13-9-24-21(25)29-15-11-22-19(27)16-18-20(28)23-10-14-26(18)12-5-8-17-6-3-2-4-7-17/h2-4,6-7,9,13,18H,5,8,10-12,14-16H2,1H3,(H,22,27)(H,23,28). The topological polar surface area (TPSA) is 79.3 Å². The third-order valence-corrected chi connectivity index (χ3v) is 6.07. The van der Waals surface area contributed by atoms with Gasteiger partial charge in [-0.1, -0.05) is 42.1 Å². The van der Waals surface area contributed by atoms with Gasteiger partial charge in [0, 0.05) is 44.8 Å². The maximum Gasteiger partial charge on any atom is 0.237 e. The van der Waals surface area contributed by atoms with Crippen molar-refractivity contribution in [1.29, 1.82) is 0 Å². The first-order chi connectivity index (χ1) is 14.1. The van der Waals surface area contributed by atoms with Gasteiger partial charge in [-0.05, 0) is 24.9 Å². The quantitative estimate of drug-likeness (QED) is 0.454. The molecule has 1 saturated heterocycles. The second kappa shape index (κ2) is 11.0. The second-order valence-corrected chi connectivity index (χ2v) is 8.22. The number of hydrogen-bond donors (Lipinski definition) is 2. The third-order valence-electron chi connectivity index (χ3n) is 5.01. The van der Waals surface area contributed by atoms with Crippen LogP contribution in [-0.4, -0.2) is 64.2 Å². The first-order valence-corrected chi connectivity index (χ1v) is 11.0. The van der Waals surface area contributed by atoms with Gasteiger partial charge in [0.1, 0.15) is 0 Å². The number of carbonyl (C=O) groups excluding carboxylic acids is 2. The number of hydrogen-bond acceptors (Lipinski definition) is 5.